The predicted octanol–water partition coefficient (Wildman–Crippen LogP) is 1.21. The number of hydrogen-bond acceptors (Lipinski definition) is 3. The second kappa shape index (κ2) is 4.81. The molecule has 2 rings (SSSR count). The quantitative estimate of drug-likeness (QED) is 0.874. The molecule has 1 aromatic carbocycles. The molecule has 1 aromatic rings. The number of halogens is 1. The highest BCUT2D eigenvalue weighted by molar-refractivity contribution is 5.87. The van der Waals surface area contributed by atoms with E-state index in [0.29, 0.717) is 6.54 Å². The van der Waals surface area contributed by atoms with Crippen LogP contribution in [0.5, 0.6) is 0 Å². The Labute approximate surface area is 113 Å². The van der Waals surface area contributed by atoms with Crippen molar-refractivity contribution in [1.29, 1.82) is 0 Å². The number of hydrogen-bond donors (Lipinski definition) is 1. The van der Waals surface area contributed by atoms with Gasteiger partial charge in [-0.05, 0) is 38.1 Å². The summed E-state index contributed by atoms with van der Waals surface area (Å²) in [5, 5.41) is 0. The summed E-state index contributed by atoms with van der Waals surface area (Å²) in [4.78, 5) is 15.9. The molecule has 1 amide bonds. The van der Waals surface area contributed by atoms with Crippen LogP contribution in [0.3, 0.4) is 0 Å². The minimum absolute atomic E-state index is 0.00569. The Kier molecular flexibility index (Phi) is 3.49. The van der Waals surface area contributed by atoms with Crippen LogP contribution in [0.15, 0.2) is 24.3 Å². The molecule has 1 aliphatic heterocycles. The molecule has 0 aromatic heterocycles. The standard InChI is InChI=1S/C14H20FN3O/c1-14(2)9-17(3)13(19)12(8-16)18(14)11-6-4-10(15)5-7-11/h4-7,12H,8-9,16H2,1-3H3. The maximum Gasteiger partial charge on any atom is 0.246 e. The van der Waals surface area contributed by atoms with E-state index in [9.17, 15) is 9.18 Å². The van der Waals surface area contributed by atoms with E-state index in [0.717, 1.165) is 5.69 Å². The maximum atomic E-state index is 13.0. The SMILES string of the molecule is CN1CC(C)(C)N(c2ccc(F)cc2)C(CN)C1=O. The number of anilines is 1. The van der Waals surface area contributed by atoms with Crippen molar-refractivity contribution in [2.45, 2.75) is 25.4 Å². The number of rotatable bonds is 2. The average molecular weight is 265 g/mol. The summed E-state index contributed by atoms with van der Waals surface area (Å²) in [6.07, 6.45) is 0. The normalized spacial score (nSPS) is 22.8. The zero-order valence-corrected chi connectivity index (χ0v) is 11.6. The van der Waals surface area contributed by atoms with E-state index >= 15 is 0 Å². The molecule has 1 fully saturated rings. The Balaban J connectivity index is 2.43. The number of piperazine rings is 1. The summed E-state index contributed by atoms with van der Waals surface area (Å²) in [7, 11) is 1.79. The highest BCUT2D eigenvalue weighted by Gasteiger charge is 2.43. The van der Waals surface area contributed by atoms with Crippen LogP contribution >= 0.6 is 0 Å². The van der Waals surface area contributed by atoms with Crippen molar-refractivity contribution in [2.75, 3.05) is 25.0 Å². The van der Waals surface area contributed by atoms with Crippen LogP contribution < -0.4 is 10.6 Å². The molecule has 0 saturated carbocycles. The zero-order valence-electron chi connectivity index (χ0n) is 11.6. The molecule has 1 atom stereocenters. The summed E-state index contributed by atoms with van der Waals surface area (Å²) in [5.74, 6) is -0.280. The van der Waals surface area contributed by atoms with Gasteiger partial charge in [-0.15, -0.1) is 0 Å². The summed E-state index contributed by atoms with van der Waals surface area (Å²) in [6.45, 7) is 4.97. The molecule has 1 unspecified atom stereocenters. The molecule has 19 heavy (non-hydrogen) atoms. The minimum Gasteiger partial charge on any atom is -0.351 e. The van der Waals surface area contributed by atoms with E-state index in [-0.39, 0.29) is 23.8 Å². The molecule has 5 heteroatoms. The Bertz CT molecular complexity index is 472. The molecular formula is C14H20FN3O. The van der Waals surface area contributed by atoms with Crippen molar-refractivity contribution in [3.63, 3.8) is 0 Å². The number of amides is 1. The lowest BCUT2D eigenvalue weighted by molar-refractivity contribution is -0.134. The molecule has 1 heterocycles. The fourth-order valence-corrected chi connectivity index (χ4v) is 2.86. The first kappa shape index (κ1) is 13.8. The van der Waals surface area contributed by atoms with E-state index in [1.165, 1.54) is 12.1 Å². The largest absolute Gasteiger partial charge is 0.351 e. The van der Waals surface area contributed by atoms with Gasteiger partial charge in [0, 0.05) is 25.8 Å². The van der Waals surface area contributed by atoms with Crippen molar-refractivity contribution >= 4 is 11.6 Å². The molecule has 104 valence electrons. The van der Waals surface area contributed by atoms with Crippen LogP contribution in [0, 0.1) is 5.82 Å². The third-order valence-corrected chi connectivity index (χ3v) is 3.58. The molecule has 1 aliphatic rings. The van der Waals surface area contributed by atoms with Gasteiger partial charge in [0.1, 0.15) is 11.9 Å². The molecule has 0 aliphatic carbocycles. The van der Waals surface area contributed by atoms with Gasteiger partial charge in [0.15, 0.2) is 0 Å². The Morgan fingerprint density at radius 3 is 2.47 bits per heavy atom. The maximum absolute atomic E-state index is 13.0. The molecule has 1 saturated heterocycles. The van der Waals surface area contributed by atoms with Crippen LogP contribution in [0.2, 0.25) is 0 Å². The number of carbonyl (C=O) groups excluding carboxylic acids is 1. The number of likely N-dealkylation sites (N-methyl/N-ethyl adjacent to an activating group) is 1. The first-order valence-electron chi connectivity index (χ1n) is 6.37. The Morgan fingerprint density at radius 1 is 1.37 bits per heavy atom. The van der Waals surface area contributed by atoms with Crippen LogP contribution in [-0.2, 0) is 4.79 Å². The van der Waals surface area contributed by atoms with Crippen molar-refractivity contribution in [2.24, 2.45) is 5.73 Å². The summed E-state index contributed by atoms with van der Waals surface area (Å²) in [5.41, 5.74) is 6.35. The van der Waals surface area contributed by atoms with E-state index in [1.54, 1.807) is 24.1 Å². The number of nitrogens with two attached hydrogens (primary N) is 1. The summed E-state index contributed by atoms with van der Waals surface area (Å²) < 4.78 is 13.0. The van der Waals surface area contributed by atoms with E-state index < -0.39 is 6.04 Å². The molecule has 0 spiro atoms. The fourth-order valence-electron chi connectivity index (χ4n) is 2.86. The predicted molar refractivity (Wildman–Crippen MR) is 73.4 cm³/mol. The Hall–Kier alpha value is -1.62. The van der Waals surface area contributed by atoms with Crippen LogP contribution in [0.25, 0.3) is 0 Å². The Morgan fingerprint density at radius 2 is 1.95 bits per heavy atom. The summed E-state index contributed by atoms with van der Waals surface area (Å²) in [6, 6.07) is 5.79. The third-order valence-electron chi connectivity index (χ3n) is 3.58. The van der Waals surface area contributed by atoms with Crippen molar-refractivity contribution in [3.05, 3.63) is 30.1 Å². The lowest BCUT2D eigenvalue weighted by Gasteiger charge is -2.51. The summed E-state index contributed by atoms with van der Waals surface area (Å²) >= 11 is 0. The van der Waals surface area contributed by atoms with E-state index in [1.807, 2.05) is 4.90 Å². The van der Waals surface area contributed by atoms with Crippen molar-refractivity contribution < 1.29 is 9.18 Å². The smallest absolute Gasteiger partial charge is 0.246 e. The van der Waals surface area contributed by atoms with Gasteiger partial charge in [0.05, 0.1) is 5.54 Å². The zero-order chi connectivity index (χ0) is 14.2. The fraction of sp³-hybridized carbons (Fsp3) is 0.500. The molecule has 0 bridgehead atoms. The highest BCUT2D eigenvalue weighted by Crippen LogP contribution is 2.31. The number of benzene rings is 1. The molecule has 4 nitrogen and oxygen atoms in total. The monoisotopic (exact) mass is 265 g/mol. The first-order chi connectivity index (χ1) is 8.86. The van der Waals surface area contributed by atoms with Gasteiger partial charge in [-0.3, -0.25) is 4.79 Å². The van der Waals surface area contributed by atoms with Gasteiger partial charge in [-0.1, -0.05) is 0 Å². The molecular weight excluding hydrogens is 245 g/mol. The molecule has 2 N–H and O–H groups in total. The second-order valence-corrected chi connectivity index (χ2v) is 5.60. The van der Waals surface area contributed by atoms with Crippen LogP contribution in [0.1, 0.15) is 13.8 Å². The van der Waals surface area contributed by atoms with E-state index in [4.69, 9.17) is 5.73 Å². The minimum atomic E-state index is -0.404. The van der Waals surface area contributed by atoms with Crippen molar-refractivity contribution in [1.82, 2.24) is 4.90 Å². The van der Waals surface area contributed by atoms with Crippen LogP contribution in [-0.4, -0.2) is 42.5 Å². The van der Waals surface area contributed by atoms with Gasteiger partial charge >= 0.3 is 0 Å². The van der Waals surface area contributed by atoms with Gasteiger partial charge in [0.2, 0.25) is 5.91 Å². The second-order valence-electron chi connectivity index (χ2n) is 5.60. The van der Waals surface area contributed by atoms with Gasteiger partial charge in [-0.25, -0.2) is 4.39 Å². The highest BCUT2D eigenvalue weighted by atomic mass is 19.1. The van der Waals surface area contributed by atoms with E-state index in [2.05, 4.69) is 13.8 Å². The third kappa shape index (κ3) is 2.42. The number of carbonyl (C=O) groups is 1. The lowest BCUT2D eigenvalue weighted by Crippen LogP contribution is -2.68. The van der Waals surface area contributed by atoms with Gasteiger partial charge in [-0.2, -0.15) is 0 Å². The average Bonchev–Trinajstić information content (AvgIpc) is 2.34. The van der Waals surface area contributed by atoms with Crippen LogP contribution in [0.4, 0.5) is 10.1 Å². The topological polar surface area (TPSA) is 49.6 Å². The van der Waals surface area contributed by atoms with Gasteiger partial charge < -0.3 is 15.5 Å². The van der Waals surface area contributed by atoms with Gasteiger partial charge in [0.25, 0.3) is 0 Å². The first-order valence-corrected chi connectivity index (χ1v) is 6.37. The lowest BCUT2D eigenvalue weighted by atomic mass is 9.93. The van der Waals surface area contributed by atoms with Crippen molar-refractivity contribution in [3.8, 4) is 0 Å². The number of nitrogens with zero attached hydrogens (tertiary/aromatic N) is 2. The molecule has 0 radical (unpaired) electrons.